The van der Waals surface area contributed by atoms with E-state index in [-0.39, 0.29) is 0 Å². The molecule has 1 heteroatoms. The highest BCUT2D eigenvalue weighted by atomic mass is 14.9. The maximum atomic E-state index is 3.41. The SMILES string of the molecule is CNC1CCCC(C)CC1C. The van der Waals surface area contributed by atoms with Crippen molar-refractivity contribution in [1.29, 1.82) is 0 Å². The molecule has 1 nitrogen and oxygen atoms in total. The molecule has 3 atom stereocenters. The van der Waals surface area contributed by atoms with Crippen LogP contribution in [0.2, 0.25) is 0 Å². The summed E-state index contributed by atoms with van der Waals surface area (Å²) in [6.07, 6.45) is 5.63. The van der Waals surface area contributed by atoms with E-state index in [9.17, 15) is 0 Å². The highest BCUT2D eigenvalue weighted by Crippen LogP contribution is 2.26. The monoisotopic (exact) mass is 155 g/mol. The fraction of sp³-hybridized carbons (Fsp3) is 1.00. The standard InChI is InChI=1S/C10H21N/c1-8-5-4-6-10(11-3)9(2)7-8/h8-11H,4-7H2,1-3H3. The smallest absolute Gasteiger partial charge is 0.00897 e. The summed E-state index contributed by atoms with van der Waals surface area (Å²) in [5, 5.41) is 3.41. The summed E-state index contributed by atoms with van der Waals surface area (Å²) in [7, 11) is 2.09. The molecule has 0 spiro atoms. The Bertz CT molecular complexity index is 111. The average Bonchev–Trinajstić information content (AvgIpc) is 2.11. The quantitative estimate of drug-likeness (QED) is 0.573. The first-order valence-electron chi connectivity index (χ1n) is 4.91. The van der Waals surface area contributed by atoms with Gasteiger partial charge in [-0.3, -0.25) is 0 Å². The van der Waals surface area contributed by atoms with Crippen molar-refractivity contribution < 1.29 is 0 Å². The minimum Gasteiger partial charge on any atom is -0.317 e. The van der Waals surface area contributed by atoms with E-state index in [4.69, 9.17) is 0 Å². The third-order valence-electron chi connectivity index (χ3n) is 3.04. The normalized spacial score (nSPS) is 40.1. The summed E-state index contributed by atoms with van der Waals surface area (Å²) in [5.74, 6) is 1.82. The van der Waals surface area contributed by atoms with Crippen molar-refractivity contribution in [3.05, 3.63) is 0 Å². The van der Waals surface area contributed by atoms with Gasteiger partial charge in [0.15, 0.2) is 0 Å². The van der Waals surface area contributed by atoms with Gasteiger partial charge in [0.05, 0.1) is 0 Å². The van der Waals surface area contributed by atoms with Crippen molar-refractivity contribution >= 4 is 0 Å². The van der Waals surface area contributed by atoms with Gasteiger partial charge in [0, 0.05) is 6.04 Å². The molecule has 0 heterocycles. The minimum atomic E-state index is 0.778. The molecule has 0 saturated heterocycles. The van der Waals surface area contributed by atoms with Gasteiger partial charge in [0.2, 0.25) is 0 Å². The van der Waals surface area contributed by atoms with Crippen LogP contribution in [0.5, 0.6) is 0 Å². The number of nitrogens with one attached hydrogen (secondary N) is 1. The molecule has 1 rings (SSSR count). The van der Waals surface area contributed by atoms with Crippen LogP contribution in [-0.4, -0.2) is 13.1 Å². The van der Waals surface area contributed by atoms with Gasteiger partial charge in [-0.1, -0.05) is 26.7 Å². The molecule has 1 N–H and O–H groups in total. The van der Waals surface area contributed by atoms with Gasteiger partial charge in [-0.2, -0.15) is 0 Å². The number of rotatable bonds is 1. The molecule has 66 valence electrons. The van der Waals surface area contributed by atoms with Crippen LogP contribution >= 0.6 is 0 Å². The maximum absolute atomic E-state index is 3.41. The second-order valence-corrected chi connectivity index (χ2v) is 4.14. The van der Waals surface area contributed by atoms with Crippen LogP contribution in [0, 0.1) is 11.8 Å². The van der Waals surface area contributed by atoms with Crippen LogP contribution in [0.4, 0.5) is 0 Å². The van der Waals surface area contributed by atoms with Gasteiger partial charge >= 0.3 is 0 Å². The molecule has 0 aliphatic heterocycles. The fourth-order valence-corrected chi connectivity index (χ4v) is 2.32. The molecule has 0 aromatic rings. The number of hydrogen-bond acceptors (Lipinski definition) is 1. The summed E-state index contributed by atoms with van der Waals surface area (Å²) in [5.41, 5.74) is 0. The fourth-order valence-electron chi connectivity index (χ4n) is 2.32. The Morgan fingerprint density at radius 1 is 1.18 bits per heavy atom. The second kappa shape index (κ2) is 4.10. The topological polar surface area (TPSA) is 12.0 Å². The highest BCUT2D eigenvalue weighted by Gasteiger charge is 2.21. The van der Waals surface area contributed by atoms with Gasteiger partial charge in [0.25, 0.3) is 0 Å². The summed E-state index contributed by atoms with van der Waals surface area (Å²) in [6.45, 7) is 4.76. The van der Waals surface area contributed by atoms with Crippen molar-refractivity contribution in [2.24, 2.45) is 11.8 Å². The largest absolute Gasteiger partial charge is 0.317 e. The van der Waals surface area contributed by atoms with Crippen molar-refractivity contribution in [2.45, 2.75) is 45.6 Å². The Hall–Kier alpha value is -0.0400. The van der Waals surface area contributed by atoms with E-state index in [0.29, 0.717) is 0 Å². The summed E-state index contributed by atoms with van der Waals surface area (Å²) in [6, 6.07) is 0.778. The van der Waals surface area contributed by atoms with Crippen LogP contribution in [-0.2, 0) is 0 Å². The van der Waals surface area contributed by atoms with E-state index in [1.807, 2.05) is 0 Å². The molecule has 0 aromatic carbocycles. The predicted octanol–water partition coefficient (Wildman–Crippen LogP) is 2.42. The lowest BCUT2D eigenvalue weighted by Crippen LogP contribution is -2.31. The molecule has 1 aliphatic rings. The zero-order valence-electron chi connectivity index (χ0n) is 8.06. The van der Waals surface area contributed by atoms with Crippen LogP contribution in [0.25, 0.3) is 0 Å². The van der Waals surface area contributed by atoms with Gasteiger partial charge in [-0.15, -0.1) is 0 Å². The van der Waals surface area contributed by atoms with Crippen molar-refractivity contribution in [3.8, 4) is 0 Å². The third kappa shape index (κ3) is 2.48. The van der Waals surface area contributed by atoms with E-state index in [1.54, 1.807) is 0 Å². The predicted molar refractivity (Wildman–Crippen MR) is 49.6 cm³/mol. The third-order valence-corrected chi connectivity index (χ3v) is 3.04. The van der Waals surface area contributed by atoms with Crippen molar-refractivity contribution in [2.75, 3.05) is 7.05 Å². The van der Waals surface area contributed by atoms with Crippen LogP contribution in [0.1, 0.15) is 39.5 Å². The van der Waals surface area contributed by atoms with Crippen molar-refractivity contribution in [1.82, 2.24) is 5.32 Å². The molecule has 0 radical (unpaired) electrons. The molecule has 0 bridgehead atoms. The molecule has 3 unspecified atom stereocenters. The van der Waals surface area contributed by atoms with Crippen molar-refractivity contribution in [3.63, 3.8) is 0 Å². The summed E-state index contributed by atoms with van der Waals surface area (Å²) in [4.78, 5) is 0. The minimum absolute atomic E-state index is 0.778. The molecule has 0 aromatic heterocycles. The van der Waals surface area contributed by atoms with Gasteiger partial charge in [-0.25, -0.2) is 0 Å². The van der Waals surface area contributed by atoms with E-state index in [0.717, 1.165) is 17.9 Å². The lowest BCUT2D eigenvalue weighted by Gasteiger charge is -2.21. The van der Waals surface area contributed by atoms with Gasteiger partial charge < -0.3 is 5.32 Å². The Morgan fingerprint density at radius 2 is 1.91 bits per heavy atom. The summed E-state index contributed by atoms with van der Waals surface area (Å²) < 4.78 is 0. The average molecular weight is 155 g/mol. The van der Waals surface area contributed by atoms with Gasteiger partial charge in [0.1, 0.15) is 0 Å². The lowest BCUT2D eigenvalue weighted by molar-refractivity contribution is 0.352. The zero-order chi connectivity index (χ0) is 8.27. The molecule has 1 fully saturated rings. The van der Waals surface area contributed by atoms with E-state index in [1.165, 1.54) is 25.7 Å². The molecular formula is C10H21N. The maximum Gasteiger partial charge on any atom is 0.00897 e. The number of hydrogen-bond donors (Lipinski definition) is 1. The van der Waals surface area contributed by atoms with Crippen LogP contribution in [0.3, 0.4) is 0 Å². The first-order valence-corrected chi connectivity index (χ1v) is 4.91. The van der Waals surface area contributed by atoms with Crippen LogP contribution < -0.4 is 5.32 Å². The van der Waals surface area contributed by atoms with E-state index in [2.05, 4.69) is 26.2 Å². The van der Waals surface area contributed by atoms with Gasteiger partial charge in [-0.05, 0) is 31.7 Å². The zero-order valence-corrected chi connectivity index (χ0v) is 8.06. The first kappa shape index (κ1) is 9.05. The highest BCUT2D eigenvalue weighted by molar-refractivity contribution is 4.77. The molecule has 0 amide bonds. The van der Waals surface area contributed by atoms with E-state index >= 15 is 0 Å². The Balaban J connectivity index is 2.43. The Labute approximate surface area is 70.6 Å². The summed E-state index contributed by atoms with van der Waals surface area (Å²) >= 11 is 0. The second-order valence-electron chi connectivity index (χ2n) is 4.14. The molecule has 11 heavy (non-hydrogen) atoms. The first-order chi connectivity index (χ1) is 5.24. The Kier molecular flexibility index (Phi) is 3.38. The lowest BCUT2D eigenvalue weighted by atomic mass is 9.93. The molecule has 1 aliphatic carbocycles. The van der Waals surface area contributed by atoms with E-state index < -0.39 is 0 Å². The molecular weight excluding hydrogens is 134 g/mol. The Morgan fingerprint density at radius 3 is 2.55 bits per heavy atom. The molecule has 1 saturated carbocycles. The van der Waals surface area contributed by atoms with Crippen LogP contribution in [0.15, 0.2) is 0 Å².